The molecule has 5 rings (SSSR count). The summed E-state index contributed by atoms with van der Waals surface area (Å²) in [6.45, 7) is 2.52. The van der Waals surface area contributed by atoms with Crippen molar-refractivity contribution in [3.05, 3.63) is 84.1 Å². The molecule has 0 spiro atoms. The number of anilines is 1. The molecule has 0 unspecified atom stereocenters. The number of nitrogens with zero attached hydrogens (tertiary/aromatic N) is 2. The zero-order valence-electron chi connectivity index (χ0n) is 19.3. The first-order chi connectivity index (χ1) is 16.4. The third-order valence-corrected chi connectivity index (χ3v) is 8.31. The third kappa shape index (κ3) is 4.72. The molecule has 34 heavy (non-hydrogen) atoms. The highest BCUT2D eigenvalue weighted by atomic mass is 32.2. The lowest BCUT2D eigenvalue weighted by Crippen LogP contribution is -2.31. The van der Waals surface area contributed by atoms with Crippen molar-refractivity contribution < 1.29 is 8.42 Å². The summed E-state index contributed by atoms with van der Waals surface area (Å²) in [4.78, 5) is 0.317. The molecular formula is C27H30N4O2S. The van der Waals surface area contributed by atoms with Crippen molar-refractivity contribution in [1.82, 2.24) is 14.5 Å². The molecule has 0 bridgehead atoms. The summed E-state index contributed by atoms with van der Waals surface area (Å²) in [5.74, 6) is 1.31. The molecule has 3 aromatic carbocycles. The minimum Gasteiger partial charge on any atom is -0.384 e. The van der Waals surface area contributed by atoms with Crippen LogP contribution < -0.4 is 10.5 Å². The lowest BCUT2D eigenvalue weighted by Gasteiger charge is -2.27. The van der Waals surface area contributed by atoms with Gasteiger partial charge >= 0.3 is 0 Å². The number of nitrogen functional groups attached to an aromatic ring is 1. The zero-order chi connectivity index (χ0) is 23.7. The van der Waals surface area contributed by atoms with Crippen LogP contribution in [0.15, 0.2) is 77.7 Å². The lowest BCUT2D eigenvalue weighted by atomic mass is 9.80. The molecular weight excluding hydrogens is 444 g/mol. The number of rotatable bonds is 6. The van der Waals surface area contributed by atoms with Crippen molar-refractivity contribution >= 4 is 26.6 Å². The van der Waals surface area contributed by atoms with Gasteiger partial charge in [-0.25, -0.2) is 17.8 Å². The summed E-state index contributed by atoms with van der Waals surface area (Å²) < 4.78 is 30.4. The molecule has 1 aliphatic rings. The van der Waals surface area contributed by atoms with E-state index in [0.29, 0.717) is 29.1 Å². The minimum atomic E-state index is -3.54. The van der Waals surface area contributed by atoms with Gasteiger partial charge in [0.15, 0.2) is 0 Å². The molecule has 3 N–H and O–H groups in total. The summed E-state index contributed by atoms with van der Waals surface area (Å²) in [6.07, 6.45) is 3.88. The number of sulfonamides is 1. The van der Waals surface area contributed by atoms with Crippen LogP contribution in [0.4, 0.5) is 5.82 Å². The van der Waals surface area contributed by atoms with E-state index >= 15 is 0 Å². The van der Waals surface area contributed by atoms with Gasteiger partial charge in [0.2, 0.25) is 10.0 Å². The van der Waals surface area contributed by atoms with Crippen LogP contribution in [0.1, 0.15) is 42.9 Å². The van der Waals surface area contributed by atoms with Crippen molar-refractivity contribution in [3.63, 3.8) is 0 Å². The van der Waals surface area contributed by atoms with Crippen molar-refractivity contribution in [1.29, 1.82) is 0 Å². The van der Waals surface area contributed by atoms with Crippen LogP contribution in [-0.2, 0) is 10.0 Å². The average Bonchev–Trinajstić information content (AvgIpc) is 3.25. The molecule has 0 radical (unpaired) electrons. The Morgan fingerprint density at radius 2 is 1.65 bits per heavy atom. The predicted octanol–water partition coefficient (Wildman–Crippen LogP) is 5.17. The van der Waals surface area contributed by atoms with Gasteiger partial charge in [-0.3, -0.25) is 0 Å². The SMILES string of the molecule is Cc1ccc(-n2nc([C@H]3CC[C@H](CNS(=O)(=O)c4ccc5ccccc5c4)CC3)cc2N)cc1. The molecule has 7 heteroatoms. The van der Waals surface area contributed by atoms with Gasteiger partial charge in [0.25, 0.3) is 0 Å². The maximum absolute atomic E-state index is 12.9. The first kappa shape index (κ1) is 22.6. The van der Waals surface area contributed by atoms with Crippen LogP contribution >= 0.6 is 0 Å². The number of nitrogens with one attached hydrogen (secondary N) is 1. The molecule has 0 aliphatic heterocycles. The van der Waals surface area contributed by atoms with Gasteiger partial charge in [-0.05, 0) is 73.6 Å². The molecule has 0 atom stereocenters. The highest BCUT2D eigenvalue weighted by Gasteiger charge is 2.26. The van der Waals surface area contributed by atoms with Gasteiger partial charge in [-0.15, -0.1) is 0 Å². The van der Waals surface area contributed by atoms with Crippen LogP contribution in [-0.4, -0.2) is 24.7 Å². The Kier molecular flexibility index (Phi) is 6.15. The average molecular weight is 475 g/mol. The molecule has 0 amide bonds. The summed E-state index contributed by atoms with van der Waals surface area (Å²) in [5, 5.41) is 6.75. The van der Waals surface area contributed by atoms with Crippen molar-refractivity contribution in [2.24, 2.45) is 5.92 Å². The normalized spacial score (nSPS) is 18.9. The Hall–Kier alpha value is -3.16. The topological polar surface area (TPSA) is 90.0 Å². The largest absolute Gasteiger partial charge is 0.384 e. The van der Waals surface area contributed by atoms with Gasteiger partial charge in [-0.2, -0.15) is 5.10 Å². The third-order valence-electron chi connectivity index (χ3n) is 6.89. The van der Waals surface area contributed by atoms with Crippen LogP contribution in [0.5, 0.6) is 0 Å². The van der Waals surface area contributed by atoms with Crippen molar-refractivity contribution in [3.8, 4) is 5.69 Å². The summed E-state index contributed by atoms with van der Waals surface area (Å²) >= 11 is 0. The molecule has 0 saturated heterocycles. The Morgan fingerprint density at radius 3 is 2.38 bits per heavy atom. The Bertz CT molecular complexity index is 1400. The Balaban J connectivity index is 1.19. The van der Waals surface area contributed by atoms with E-state index < -0.39 is 10.0 Å². The van der Waals surface area contributed by atoms with Crippen LogP contribution in [0.25, 0.3) is 16.5 Å². The standard InChI is InChI=1S/C27H30N4O2S/c1-19-6-13-24(14-7-19)31-27(28)17-26(30-31)22-10-8-20(9-11-22)18-29-34(32,33)25-15-12-21-4-2-3-5-23(21)16-25/h2-7,12-17,20,22,29H,8-11,18,28H2,1H3/t20-,22-. The van der Waals surface area contributed by atoms with E-state index in [-0.39, 0.29) is 0 Å². The van der Waals surface area contributed by atoms with E-state index in [2.05, 4.69) is 23.8 Å². The first-order valence-corrected chi connectivity index (χ1v) is 13.3. The number of hydrogen-bond acceptors (Lipinski definition) is 4. The highest BCUT2D eigenvalue weighted by Crippen LogP contribution is 2.36. The fourth-order valence-electron chi connectivity index (χ4n) is 4.81. The second-order valence-electron chi connectivity index (χ2n) is 9.32. The fourth-order valence-corrected chi connectivity index (χ4v) is 5.97. The number of aryl methyl sites for hydroxylation is 1. The molecule has 1 fully saturated rings. The van der Waals surface area contributed by atoms with Gasteiger partial charge in [0.05, 0.1) is 16.3 Å². The monoisotopic (exact) mass is 474 g/mol. The summed E-state index contributed by atoms with van der Waals surface area (Å²) in [5.41, 5.74) is 9.44. The number of nitrogens with two attached hydrogens (primary N) is 1. The zero-order valence-corrected chi connectivity index (χ0v) is 20.1. The lowest BCUT2D eigenvalue weighted by molar-refractivity contribution is 0.322. The van der Waals surface area contributed by atoms with E-state index in [0.717, 1.165) is 47.8 Å². The van der Waals surface area contributed by atoms with Gasteiger partial charge in [0, 0.05) is 18.5 Å². The van der Waals surface area contributed by atoms with E-state index in [9.17, 15) is 8.42 Å². The Labute approximate surface area is 200 Å². The molecule has 1 heterocycles. The molecule has 1 saturated carbocycles. The van der Waals surface area contributed by atoms with E-state index in [1.54, 1.807) is 16.8 Å². The second kappa shape index (κ2) is 9.24. The molecule has 1 aromatic heterocycles. The first-order valence-electron chi connectivity index (χ1n) is 11.8. The van der Waals surface area contributed by atoms with Crippen LogP contribution in [0, 0.1) is 12.8 Å². The quantitative estimate of drug-likeness (QED) is 0.403. The molecule has 1 aliphatic carbocycles. The minimum absolute atomic E-state index is 0.317. The second-order valence-corrected chi connectivity index (χ2v) is 11.1. The van der Waals surface area contributed by atoms with Gasteiger partial charge in [-0.1, -0.05) is 48.0 Å². The van der Waals surface area contributed by atoms with E-state index in [1.807, 2.05) is 48.5 Å². The van der Waals surface area contributed by atoms with E-state index in [1.165, 1.54) is 5.56 Å². The van der Waals surface area contributed by atoms with Gasteiger partial charge < -0.3 is 5.73 Å². The summed E-state index contributed by atoms with van der Waals surface area (Å²) in [6, 6.07) is 23.2. The van der Waals surface area contributed by atoms with Gasteiger partial charge in [0.1, 0.15) is 5.82 Å². The van der Waals surface area contributed by atoms with Crippen LogP contribution in [0.3, 0.4) is 0 Å². The van der Waals surface area contributed by atoms with E-state index in [4.69, 9.17) is 10.8 Å². The number of hydrogen-bond donors (Lipinski definition) is 2. The fraction of sp³-hybridized carbons (Fsp3) is 0.296. The molecule has 176 valence electrons. The van der Waals surface area contributed by atoms with Crippen molar-refractivity contribution in [2.75, 3.05) is 12.3 Å². The molecule has 4 aromatic rings. The number of aromatic nitrogens is 2. The number of benzene rings is 3. The predicted molar refractivity (Wildman–Crippen MR) is 137 cm³/mol. The number of fused-ring (bicyclic) bond motifs is 1. The molecule has 6 nitrogen and oxygen atoms in total. The summed E-state index contributed by atoms with van der Waals surface area (Å²) in [7, 11) is -3.54. The smallest absolute Gasteiger partial charge is 0.240 e. The Morgan fingerprint density at radius 1 is 0.941 bits per heavy atom. The highest BCUT2D eigenvalue weighted by molar-refractivity contribution is 7.89. The van der Waals surface area contributed by atoms with Crippen LogP contribution in [0.2, 0.25) is 0 Å². The maximum Gasteiger partial charge on any atom is 0.240 e. The van der Waals surface area contributed by atoms with Crippen molar-refractivity contribution in [2.45, 2.75) is 43.4 Å². The maximum atomic E-state index is 12.9.